The van der Waals surface area contributed by atoms with Crippen molar-refractivity contribution >= 4 is 18.1 Å². The van der Waals surface area contributed by atoms with E-state index in [-0.39, 0.29) is 18.2 Å². The van der Waals surface area contributed by atoms with E-state index >= 15 is 0 Å². The first-order chi connectivity index (χ1) is 7.56. The van der Waals surface area contributed by atoms with Crippen LogP contribution in [0.2, 0.25) is 0 Å². The van der Waals surface area contributed by atoms with Gasteiger partial charge in [0.2, 0.25) is 0 Å². The third-order valence-corrected chi connectivity index (χ3v) is 2.55. The fourth-order valence-corrected chi connectivity index (χ4v) is 1.92. The van der Waals surface area contributed by atoms with Crippen LogP contribution in [0.4, 0.5) is 5.69 Å². The number of aromatic hydroxyl groups is 1. The summed E-state index contributed by atoms with van der Waals surface area (Å²) in [5, 5.41) is 9.81. The predicted octanol–water partition coefficient (Wildman–Crippen LogP) is 3.68. The first kappa shape index (κ1) is 13.4. The largest absolute Gasteiger partial charge is 0.507 e. The molecule has 0 aliphatic heterocycles. The lowest BCUT2D eigenvalue weighted by Gasteiger charge is -2.08. The lowest BCUT2D eigenvalue weighted by Crippen LogP contribution is -1.87. The Balaban J connectivity index is 0.00000144. The van der Waals surface area contributed by atoms with E-state index in [1.165, 1.54) is 11.1 Å². The van der Waals surface area contributed by atoms with Crippen molar-refractivity contribution in [2.45, 2.75) is 13.8 Å². The van der Waals surface area contributed by atoms with E-state index in [9.17, 15) is 5.11 Å². The summed E-state index contributed by atoms with van der Waals surface area (Å²) in [4.78, 5) is 0. The molecule has 2 rings (SSSR count). The van der Waals surface area contributed by atoms with Crippen molar-refractivity contribution in [1.29, 1.82) is 0 Å². The maximum atomic E-state index is 9.81. The van der Waals surface area contributed by atoms with Crippen molar-refractivity contribution in [3.8, 4) is 16.9 Å². The fourth-order valence-electron chi connectivity index (χ4n) is 1.92. The molecule has 3 heteroatoms. The van der Waals surface area contributed by atoms with E-state index in [2.05, 4.69) is 6.07 Å². The van der Waals surface area contributed by atoms with Crippen LogP contribution in [0.25, 0.3) is 11.1 Å². The van der Waals surface area contributed by atoms with Crippen LogP contribution >= 0.6 is 12.4 Å². The molecule has 0 heterocycles. The van der Waals surface area contributed by atoms with E-state index in [1.807, 2.05) is 26.0 Å². The Morgan fingerprint density at radius 2 is 1.53 bits per heavy atom. The molecule has 0 radical (unpaired) electrons. The molecule has 90 valence electrons. The van der Waals surface area contributed by atoms with Gasteiger partial charge >= 0.3 is 0 Å². The number of benzene rings is 2. The number of hydrogen-bond acceptors (Lipinski definition) is 2. The van der Waals surface area contributed by atoms with Gasteiger partial charge in [0.25, 0.3) is 0 Å². The topological polar surface area (TPSA) is 46.2 Å². The Bertz CT molecular complexity index is 517. The summed E-state index contributed by atoms with van der Waals surface area (Å²) >= 11 is 0. The van der Waals surface area contributed by atoms with Crippen molar-refractivity contribution in [2.75, 3.05) is 5.73 Å². The standard InChI is InChI=1S/C14H15NO.ClH/c1-9-5-10(2)7-11(6-9)13-8-12(15)3-4-14(13)16;/h3-8,16H,15H2,1-2H3;1H. The lowest BCUT2D eigenvalue weighted by molar-refractivity contribution is 0.477. The molecule has 2 aromatic carbocycles. The van der Waals surface area contributed by atoms with Crippen LogP contribution in [0.3, 0.4) is 0 Å². The van der Waals surface area contributed by atoms with Gasteiger partial charge in [-0.3, -0.25) is 0 Å². The average molecular weight is 250 g/mol. The number of phenolic OH excluding ortho intramolecular Hbond substituents is 1. The van der Waals surface area contributed by atoms with Gasteiger partial charge in [-0.15, -0.1) is 12.4 Å². The van der Waals surface area contributed by atoms with Gasteiger partial charge in [-0.25, -0.2) is 0 Å². The summed E-state index contributed by atoms with van der Waals surface area (Å²) < 4.78 is 0. The summed E-state index contributed by atoms with van der Waals surface area (Å²) in [5.74, 6) is 0.263. The van der Waals surface area contributed by atoms with Gasteiger partial charge in [-0.05, 0) is 37.6 Å². The minimum atomic E-state index is 0. The highest BCUT2D eigenvalue weighted by molar-refractivity contribution is 5.85. The Morgan fingerprint density at radius 3 is 2.12 bits per heavy atom. The lowest BCUT2D eigenvalue weighted by atomic mass is 9.99. The predicted molar refractivity (Wildman–Crippen MR) is 74.7 cm³/mol. The number of phenols is 1. The van der Waals surface area contributed by atoms with Crippen LogP contribution in [0.15, 0.2) is 36.4 Å². The molecule has 0 amide bonds. The Labute approximate surface area is 108 Å². The first-order valence-electron chi connectivity index (χ1n) is 5.23. The maximum absolute atomic E-state index is 9.81. The maximum Gasteiger partial charge on any atom is 0.123 e. The molecular weight excluding hydrogens is 234 g/mol. The quantitative estimate of drug-likeness (QED) is 0.598. The molecule has 0 saturated carbocycles. The first-order valence-corrected chi connectivity index (χ1v) is 5.23. The number of nitrogens with two attached hydrogens (primary N) is 1. The molecule has 0 aliphatic rings. The average Bonchev–Trinajstić information content (AvgIpc) is 2.20. The zero-order valence-corrected chi connectivity index (χ0v) is 10.7. The van der Waals surface area contributed by atoms with E-state index < -0.39 is 0 Å². The number of nitrogen functional groups attached to an aromatic ring is 1. The molecule has 0 unspecified atom stereocenters. The monoisotopic (exact) mass is 249 g/mol. The van der Waals surface area contributed by atoms with Crippen molar-refractivity contribution in [3.63, 3.8) is 0 Å². The van der Waals surface area contributed by atoms with Gasteiger partial charge in [-0.1, -0.05) is 29.3 Å². The molecule has 0 spiro atoms. The van der Waals surface area contributed by atoms with Crippen LogP contribution in [0.5, 0.6) is 5.75 Å². The third-order valence-electron chi connectivity index (χ3n) is 2.55. The number of rotatable bonds is 1. The highest BCUT2D eigenvalue weighted by atomic mass is 35.5. The molecule has 17 heavy (non-hydrogen) atoms. The summed E-state index contributed by atoms with van der Waals surface area (Å²) in [6, 6.07) is 11.3. The number of anilines is 1. The summed E-state index contributed by atoms with van der Waals surface area (Å²) in [6.07, 6.45) is 0. The molecule has 3 N–H and O–H groups in total. The molecule has 2 nitrogen and oxygen atoms in total. The highest BCUT2D eigenvalue weighted by Gasteiger charge is 2.05. The van der Waals surface area contributed by atoms with Crippen LogP contribution in [-0.2, 0) is 0 Å². The third kappa shape index (κ3) is 2.92. The minimum absolute atomic E-state index is 0. The fraction of sp³-hybridized carbons (Fsp3) is 0.143. The van der Waals surface area contributed by atoms with Crippen LogP contribution in [0, 0.1) is 13.8 Å². The van der Waals surface area contributed by atoms with E-state index in [4.69, 9.17) is 5.73 Å². The second-order valence-electron chi connectivity index (χ2n) is 4.15. The van der Waals surface area contributed by atoms with Gasteiger partial charge < -0.3 is 10.8 Å². The zero-order valence-electron chi connectivity index (χ0n) is 9.90. The smallest absolute Gasteiger partial charge is 0.123 e. The SMILES string of the molecule is Cc1cc(C)cc(-c2cc(N)ccc2O)c1.Cl. The second-order valence-corrected chi connectivity index (χ2v) is 4.15. The zero-order chi connectivity index (χ0) is 11.7. The van der Waals surface area contributed by atoms with E-state index in [0.29, 0.717) is 5.69 Å². The Hall–Kier alpha value is -1.67. The summed E-state index contributed by atoms with van der Waals surface area (Å²) in [7, 11) is 0. The van der Waals surface area contributed by atoms with Gasteiger partial charge in [0.1, 0.15) is 5.75 Å². The normalized spacial score (nSPS) is 9.76. The van der Waals surface area contributed by atoms with Crippen molar-refractivity contribution in [3.05, 3.63) is 47.5 Å². The van der Waals surface area contributed by atoms with Crippen molar-refractivity contribution < 1.29 is 5.11 Å². The van der Waals surface area contributed by atoms with Crippen LogP contribution < -0.4 is 5.73 Å². The van der Waals surface area contributed by atoms with Crippen LogP contribution in [0.1, 0.15) is 11.1 Å². The van der Waals surface area contributed by atoms with Gasteiger partial charge in [-0.2, -0.15) is 0 Å². The molecular formula is C14H16ClNO. The number of hydrogen-bond donors (Lipinski definition) is 2. The van der Waals surface area contributed by atoms with Crippen molar-refractivity contribution in [1.82, 2.24) is 0 Å². The summed E-state index contributed by atoms with van der Waals surface area (Å²) in [5.41, 5.74) is 10.5. The summed E-state index contributed by atoms with van der Waals surface area (Å²) in [6.45, 7) is 4.08. The van der Waals surface area contributed by atoms with Gasteiger partial charge in [0.05, 0.1) is 0 Å². The number of halogens is 1. The highest BCUT2D eigenvalue weighted by Crippen LogP contribution is 2.31. The van der Waals surface area contributed by atoms with Gasteiger partial charge in [0.15, 0.2) is 0 Å². The molecule has 0 aromatic heterocycles. The molecule has 0 aliphatic carbocycles. The van der Waals surface area contributed by atoms with Crippen LogP contribution in [-0.4, -0.2) is 5.11 Å². The molecule has 2 aromatic rings. The second kappa shape index (κ2) is 5.11. The Morgan fingerprint density at radius 1 is 0.941 bits per heavy atom. The van der Waals surface area contributed by atoms with Gasteiger partial charge in [0, 0.05) is 11.3 Å². The molecule has 0 bridgehead atoms. The number of aryl methyl sites for hydroxylation is 2. The van der Waals surface area contributed by atoms with E-state index in [0.717, 1.165) is 11.1 Å². The Kier molecular flexibility index (Phi) is 4.02. The van der Waals surface area contributed by atoms with Crippen molar-refractivity contribution in [2.24, 2.45) is 0 Å². The van der Waals surface area contributed by atoms with E-state index in [1.54, 1.807) is 18.2 Å². The molecule has 0 fully saturated rings. The molecule has 0 saturated heterocycles. The minimum Gasteiger partial charge on any atom is -0.507 e. The molecule has 0 atom stereocenters.